The molecular weight excluding hydrogens is 506 g/mol. The van der Waals surface area contributed by atoms with Gasteiger partial charge in [-0.1, -0.05) is 30.7 Å². The molecule has 1 fully saturated rings. The first-order chi connectivity index (χ1) is 19.4. The van der Waals surface area contributed by atoms with Crippen molar-refractivity contribution in [3.05, 3.63) is 82.9 Å². The lowest BCUT2D eigenvalue weighted by atomic mass is 9.77. The molecule has 3 aliphatic rings. The molecule has 3 aromatic carbocycles. The Morgan fingerprint density at radius 1 is 1.02 bits per heavy atom. The number of rotatable bonds is 7. The number of carbonyl (C=O) groups is 2. The van der Waals surface area contributed by atoms with Crippen molar-refractivity contribution >= 4 is 23.2 Å². The Morgan fingerprint density at radius 3 is 2.62 bits per heavy atom. The summed E-state index contributed by atoms with van der Waals surface area (Å²) in [4.78, 5) is 28.0. The Hall–Kier alpha value is -3.92. The zero-order valence-corrected chi connectivity index (χ0v) is 22.4. The van der Waals surface area contributed by atoms with Gasteiger partial charge in [-0.3, -0.25) is 9.59 Å². The van der Waals surface area contributed by atoms with Gasteiger partial charge in [0.05, 0.1) is 12.6 Å². The zero-order chi connectivity index (χ0) is 27.9. The molecular formula is C31H35N5O4. The second kappa shape index (κ2) is 10.6. The second-order valence-electron chi connectivity index (χ2n) is 10.8. The number of ether oxygens (including phenoxy) is 2. The molecule has 3 heterocycles. The average molecular weight is 542 g/mol. The number of nitrogen functional groups attached to an aromatic ring is 1. The molecule has 0 aromatic heterocycles. The number of hydrogen-bond donors (Lipinski definition) is 4. The van der Waals surface area contributed by atoms with Crippen LogP contribution in [0.1, 0.15) is 54.4 Å². The number of nitrogens with one attached hydrogen (secondary N) is 1. The fraction of sp³-hybridized carbons (Fsp3) is 0.355. The molecule has 6 rings (SSSR count). The van der Waals surface area contributed by atoms with Gasteiger partial charge in [0, 0.05) is 41.2 Å². The molecule has 1 saturated heterocycles. The van der Waals surface area contributed by atoms with Crippen molar-refractivity contribution in [2.45, 2.75) is 56.4 Å². The summed E-state index contributed by atoms with van der Waals surface area (Å²) in [5.74, 6) is 0.770. The molecule has 1 spiro atoms. The summed E-state index contributed by atoms with van der Waals surface area (Å²) >= 11 is 0. The van der Waals surface area contributed by atoms with Crippen LogP contribution in [0.3, 0.4) is 0 Å². The molecule has 208 valence electrons. The molecule has 2 amide bonds. The maximum atomic E-state index is 13.4. The highest BCUT2D eigenvalue weighted by atomic mass is 16.5. The van der Waals surface area contributed by atoms with Crippen LogP contribution in [0.4, 0.5) is 11.4 Å². The Balaban J connectivity index is 1.27. The number of anilines is 2. The Labute approximate surface area is 233 Å². The van der Waals surface area contributed by atoms with E-state index in [1.54, 1.807) is 11.0 Å². The Kier molecular flexibility index (Phi) is 6.95. The van der Waals surface area contributed by atoms with Crippen LogP contribution in [0.15, 0.2) is 60.7 Å². The van der Waals surface area contributed by atoms with Gasteiger partial charge in [-0.25, -0.2) is 0 Å². The van der Waals surface area contributed by atoms with Crippen molar-refractivity contribution in [2.24, 2.45) is 11.5 Å². The van der Waals surface area contributed by atoms with E-state index in [4.69, 9.17) is 26.7 Å². The lowest BCUT2D eigenvalue weighted by Crippen LogP contribution is -2.49. The van der Waals surface area contributed by atoms with E-state index in [0.29, 0.717) is 55.4 Å². The smallest absolute Gasteiger partial charge is 0.247 e. The minimum Gasteiger partial charge on any atom is -0.456 e. The fourth-order valence-electron chi connectivity index (χ4n) is 6.23. The maximum absolute atomic E-state index is 13.4. The van der Waals surface area contributed by atoms with Crippen LogP contribution in [0.25, 0.3) is 0 Å². The van der Waals surface area contributed by atoms with Crippen LogP contribution < -0.4 is 27.3 Å². The van der Waals surface area contributed by atoms with Gasteiger partial charge < -0.3 is 36.9 Å². The summed E-state index contributed by atoms with van der Waals surface area (Å²) < 4.78 is 12.9. The molecule has 7 N–H and O–H groups in total. The van der Waals surface area contributed by atoms with Crippen LogP contribution >= 0.6 is 0 Å². The highest BCUT2D eigenvalue weighted by molar-refractivity contribution is 5.98. The first-order valence-corrected chi connectivity index (χ1v) is 13.9. The quantitative estimate of drug-likeness (QED) is 0.264. The standard InChI is InChI=1S/C31H35N5O4/c32-14-4-3-8-25(34)30(38)36-15-5-9-26(36)29(37)35-21-11-13-24-28(17-21)40-27-16-20(33)10-12-23(27)31(24)22-7-2-1-6-19(22)18-39-31/h1-2,6-7,10-13,16-17,25-26H,3-5,8-9,14-15,18,32-34H2,(H,35,37)/t25-,26-,31?/m0/s1. The molecule has 9 nitrogen and oxygen atoms in total. The number of nitrogens with two attached hydrogens (primary N) is 3. The van der Waals surface area contributed by atoms with E-state index >= 15 is 0 Å². The number of fused-ring (bicyclic) bond motifs is 6. The lowest BCUT2D eigenvalue weighted by molar-refractivity contribution is -0.137. The third-order valence-corrected chi connectivity index (χ3v) is 8.20. The first-order valence-electron chi connectivity index (χ1n) is 13.9. The number of nitrogens with zero attached hydrogens (tertiary/aromatic N) is 1. The van der Waals surface area contributed by atoms with E-state index < -0.39 is 17.7 Å². The third kappa shape index (κ3) is 4.40. The van der Waals surface area contributed by atoms with Gasteiger partial charge in [-0.15, -0.1) is 0 Å². The normalized spacial score (nSPS) is 21.4. The number of hydrogen-bond acceptors (Lipinski definition) is 7. The average Bonchev–Trinajstić information content (AvgIpc) is 3.59. The van der Waals surface area contributed by atoms with E-state index in [1.165, 1.54) is 0 Å². The Bertz CT molecular complexity index is 1460. The van der Waals surface area contributed by atoms with Crippen LogP contribution in [0.5, 0.6) is 11.5 Å². The van der Waals surface area contributed by atoms with Gasteiger partial charge in [0.25, 0.3) is 0 Å². The molecule has 0 bridgehead atoms. The largest absolute Gasteiger partial charge is 0.456 e. The molecule has 9 heteroatoms. The summed E-state index contributed by atoms with van der Waals surface area (Å²) in [6.07, 6.45) is 3.51. The first kappa shape index (κ1) is 26.3. The number of carbonyl (C=O) groups excluding carboxylic acids is 2. The van der Waals surface area contributed by atoms with E-state index in [-0.39, 0.29) is 11.8 Å². The highest BCUT2D eigenvalue weighted by Gasteiger charge is 2.49. The summed E-state index contributed by atoms with van der Waals surface area (Å²) in [6, 6.07) is 18.2. The maximum Gasteiger partial charge on any atom is 0.247 e. The predicted octanol–water partition coefficient (Wildman–Crippen LogP) is 3.58. The van der Waals surface area contributed by atoms with Gasteiger partial charge in [0.2, 0.25) is 11.8 Å². The summed E-state index contributed by atoms with van der Waals surface area (Å²) in [6.45, 7) is 1.56. The van der Waals surface area contributed by atoms with Crippen molar-refractivity contribution < 1.29 is 19.1 Å². The number of unbranched alkanes of at least 4 members (excludes halogenated alkanes) is 1. The molecule has 1 unspecified atom stereocenters. The predicted molar refractivity (Wildman–Crippen MR) is 153 cm³/mol. The van der Waals surface area contributed by atoms with Crippen LogP contribution in [0.2, 0.25) is 0 Å². The number of likely N-dealkylation sites (tertiary alicyclic amines) is 1. The van der Waals surface area contributed by atoms with E-state index in [1.807, 2.05) is 42.5 Å². The fourth-order valence-corrected chi connectivity index (χ4v) is 6.23. The molecule has 3 aromatic rings. The van der Waals surface area contributed by atoms with Crippen molar-refractivity contribution in [3.63, 3.8) is 0 Å². The van der Waals surface area contributed by atoms with Gasteiger partial charge >= 0.3 is 0 Å². The van der Waals surface area contributed by atoms with Crippen molar-refractivity contribution in [1.29, 1.82) is 0 Å². The summed E-state index contributed by atoms with van der Waals surface area (Å²) in [7, 11) is 0. The molecule has 3 atom stereocenters. The van der Waals surface area contributed by atoms with Gasteiger partial charge in [0.1, 0.15) is 17.5 Å². The van der Waals surface area contributed by atoms with E-state index in [0.717, 1.165) is 41.5 Å². The highest BCUT2D eigenvalue weighted by Crippen LogP contribution is 2.56. The van der Waals surface area contributed by atoms with Crippen LogP contribution in [-0.4, -0.2) is 41.9 Å². The van der Waals surface area contributed by atoms with Gasteiger partial charge in [-0.05, 0) is 67.6 Å². The van der Waals surface area contributed by atoms with E-state index in [9.17, 15) is 9.59 Å². The minimum absolute atomic E-state index is 0.184. The monoisotopic (exact) mass is 541 g/mol. The molecule has 0 saturated carbocycles. The van der Waals surface area contributed by atoms with Gasteiger partial charge in [0.15, 0.2) is 5.60 Å². The van der Waals surface area contributed by atoms with Crippen molar-refractivity contribution in [2.75, 3.05) is 24.1 Å². The minimum atomic E-state index is -0.843. The molecule has 0 radical (unpaired) electrons. The Morgan fingerprint density at radius 2 is 1.80 bits per heavy atom. The van der Waals surface area contributed by atoms with Crippen molar-refractivity contribution in [1.82, 2.24) is 4.90 Å². The van der Waals surface area contributed by atoms with Crippen LogP contribution in [0, 0.1) is 0 Å². The summed E-state index contributed by atoms with van der Waals surface area (Å²) in [5, 5.41) is 3.01. The molecule has 0 aliphatic carbocycles. The second-order valence-corrected chi connectivity index (χ2v) is 10.8. The SMILES string of the molecule is NCCCC[C@H](N)C(=O)N1CCC[C@H]1C(=O)Nc1ccc2c(c1)Oc1cc(N)ccc1C21OCc2ccccc21. The lowest BCUT2D eigenvalue weighted by Gasteiger charge is -2.37. The van der Waals surface area contributed by atoms with Gasteiger partial charge in [-0.2, -0.15) is 0 Å². The number of amides is 2. The molecule has 3 aliphatic heterocycles. The number of benzene rings is 3. The summed E-state index contributed by atoms with van der Waals surface area (Å²) in [5.41, 5.74) is 22.1. The zero-order valence-electron chi connectivity index (χ0n) is 22.4. The topological polar surface area (TPSA) is 146 Å². The third-order valence-electron chi connectivity index (χ3n) is 8.20. The van der Waals surface area contributed by atoms with Crippen LogP contribution in [-0.2, 0) is 26.5 Å². The van der Waals surface area contributed by atoms with E-state index in [2.05, 4.69) is 17.4 Å². The molecule has 40 heavy (non-hydrogen) atoms. The van der Waals surface area contributed by atoms with Crippen molar-refractivity contribution in [3.8, 4) is 11.5 Å².